The summed E-state index contributed by atoms with van der Waals surface area (Å²) >= 11 is 0. The van der Waals surface area contributed by atoms with Crippen molar-refractivity contribution in [3.8, 4) is 22.4 Å². The van der Waals surface area contributed by atoms with Crippen LogP contribution in [0.5, 0.6) is 0 Å². The number of hydrogen-bond acceptors (Lipinski definition) is 2. The van der Waals surface area contributed by atoms with Crippen LogP contribution in [0.2, 0.25) is 0 Å². The molecule has 0 saturated carbocycles. The minimum Gasteiger partial charge on any atom is -0.455 e. The van der Waals surface area contributed by atoms with Crippen LogP contribution in [0.15, 0.2) is 77.6 Å². The SMILES string of the molecule is Cc1cc(-c2c(C)ccc3c2oc2ccccc23)[n+](C)cc1-c1cccnc1. The van der Waals surface area contributed by atoms with Gasteiger partial charge in [-0.15, -0.1) is 0 Å². The van der Waals surface area contributed by atoms with Crippen molar-refractivity contribution in [3.63, 3.8) is 0 Å². The van der Waals surface area contributed by atoms with Crippen molar-refractivity contribution in [1.29, 1.82) is 0 Å². The maximum Gasteiger partial charge on any atom is 0.216 e. The molecular formula is C25H21N2O+. The van der Waals surface area contributed by atoms with Crippen LogP contribution in [0.25, 0.3) is 44.3 Å². The first kappa shape index (κ1) is 16.7. The summed E-state index contributed by atoms with van der Waals surface area (Å²) in [6.07, 6.45) is 5.90. The Labute approximate surface area is 163 Å². The third kappa shape index (κ3) is 2.51. The Morgan fingerprint density at radius 1 is 0.893 bits per heavy atom. The monoisotopic (exact) mass is 365 g/mol. The second kappa shape index (κ2) is 6.31. The third-order valence-electron chi connectivity index (χ3n) is 5.46. The molecule has 0 spiro atoms. The molecule has 0 aliphatic rings. The summed E-state index contributed by atoms with van der Waals surface area (Å²) < 4.78 is 8.49. The molecule has 0 radical (unpaired) electrons. The molecule has 0 aliphatic heterocycles. The summed E-state index contributed by atoms with van der Waals surface area (Å²) in [5.41, 5.74) is 8.91. The normalized spacial score (nSPS) is 11.4. The molecule has 28 heavy (non-hydrogen) atoms. The van der Waals surface area contributed by atoms with Crippen molar-refractivity contribution >= 4 is 21.9 Å². The average Bonchev–Trinajstić information content (AvgIpc) is 3.09. The highest BCUT2D eigenvalue weighted by molar-refractivity contribution is 6.09. The van der Waals surface area contributed by atoms with E-state index in [0.29, 0.717) is 0 Å². The molecule has 0 unspecified atom stereocenters. The zero-order valence-electron chi connectivity index (χ0n) is 16.2. The Morgan fingerprint density at radius 3 is 2.57 bits per heavy atom. The molecule has 0 N–H and O–H groups in total. The standard InChI is InChI=1S/C25H21N2O/c1-16-10-11-20-19-8-4-5-9-23(19)28-25(20)24(16)22-13-17(2)21(15-27(22)3)18-7-6-12-26-14-18/h4-15H,1-3H3/q+1. The number of aryl methyl sites for hydroxylation is 3. The molecule has 0 aliphatic carbocycles. The van der Waals surface area contributed by atoms with Crippen LogP contribution in [0.1, 0.15) is 11.1 Å². The van der Waals surface area contributed by atoms with Gasteiger partial charge in [0, 0.05) is 34.8 Å². The smallest absolute Gasteiger partial charge is 0.216 e. The van der Waals surface area contributed by atoms with E-state index in [9.17, 15) is 0 Å². The topological polar surface area (TPSA) is 29.9 Å². The van der Waals surface area contributed by atoms with Gasteiger partial charge in [-0.3, -0.25) is 4.98 Å². The van der Waals surface area contributed by atoms with Crippen LogP contribution in [0, 0.1) is 13.8 Å². The summed E-state index contributed by atoms with van der Waals surface area (Å²) in [4.78, 5) is 4.27. The van der Waals surface area contributed by atoms with Crippen LogP contribution in [-0.4, -0.2) is 4.98 Å². The van der Waals surface area contributed by atoms with E-state index in [1.54, 1.807) is 6.20 Å². The lowest BCUT2D eigenvalue weighted by molar-refractivity contribution is -0.659. The Bertz CT molecular complexity index is 1330. The number of furan rings is 1. The van der Waals surface area contributed by atoms with Crippen LogP contribution in [0.3, 0.4) is 0 Å². The lowest BCUT2D eigenvalue weighted by atomic mass is 9.97. The number of rotatable bonds is 2. The van der Waals surface area contributed by atoms with Gasteiger partial charge in [0.1, 0.15) is 18.2 Å². The summed E-state index contributed by atoms with van der Waals surface area (Å²) in [5.74, 6) is 0. The number of fused-ring (bicyclic) bond motifs is 3. The first-order valence-corrected chi connectivity index (χ1v) is 9.45. The van der Waals surface area contributed by atoms with Gasteiger partial charge < -0.3 is 4.42 Å². The van der Waals surface area contributed by atoms with Gasteiger partial charge in [0.05, 0.1) is 11.1 Å². The number of hydrogen-bond donors (Lipinski definition) is 0. The minimum absolute atomic E-state index is 0.927. The molecule has 0 fully saturated rings. The first-order valence-electron chi connectivity index (χ1n) is 9.45. The molecule has 3 nitrogen and oxygen atoms in total. The van der Waals surface area contributed by atoms with Crippen LogP contribution >= 0.6 is 0 Å². The van der Waals surface area contributed by atoms with Gasteiger partial charge in [0.2, 0.25) is 5.69 Å². The fraction of sp³-hybridized carbons (Fsp3) is 0.120. The molecule has 0 atom stereocenters. The zero-order chi connectivity index (χ0) is 19.3. The fourth-order valence-electron chi connectivity index (χ4n) is 4.03. The molecule has 5 rings (SSSR count). The van der Waals surface area contributed by atoms with Gasteiger partial charge in [0.25, 0.3) is 0 Å². The highest BCUT2D eigenvalue weighted by atomic mass is 16.3. The molecule has 0 saturated heterocycles. The van der Waals surface area contributed by atoms with Gasteiger partial charge in [0.15, 0.2) is 6.20 Å². The van der Waals surface area contributed by atoms with E-state index in [1.807, 2.05) is 24.4 Å². The van der Waals surface area contributed by atoms with Crippen molar-refractivity contribution in [2.75, 3.05) is 0 Å². The molecule has 3 aromatic heterocycles. The van der Waals surface area contributed by atoms with E-state index in [-0.39, 0.29) is 0 Å². The Hall–Kier alpha value is -3.46. The summed E-state index contributed by atoms with van der Waals surface area (Å²) in [6.45, 7) is 4.30. The second-order valence-corrected chi connectivity index (χ2v) is 7.34. The fourth-order valence-corrected chi connectivity index (χ4v) is 4.03. The van der Waals surface area contributed by atoms with E-state index in [0.717, 1.165) is 38.8 Å². The number of pyridine rings is 2. The summed E-state index contributed by atoms with van der Waals surface area (Å²) in [7, 11) is 2.09. The number of para-hydroxylation sites is 1. The molecule has 3 heteroatoms. The van der Waals surface area contributed by atoms with Gasteiger partial charge in [-0.25, -0.2) is 4.57 Å². The van der Waals surface area contributed by atoms with Crippen molar-refractivity contribution < 1.29 is 8.98 Å². The maximum absolute atomic E-state index is 6.31. The van der Waals surface area contributed by atoms with E-state index in [1.165, 1.54) is 16.7 Å². The Kier molecular flexibility index (Phi) is 3.76. The molecule has 0 bridgehead atoms. The van der Waals surface area contributed by atoms with Crippen LogP contribution < -0.4 is 4.57 Å². The molecule has 2 aromatic carbocycles. The third-order valence-corrected chi connectivity index (χ3v) is 5.46. The van der Waals surface area contributed by atoms with E-state index in [4.69, 9.17) is 4.42 Å². The van der Waals surface area contributed by atoms with E-state index < -0.39 is 0 Å². The lowest BCUT2D eigenvalue weighted by Crippen LogP contribution is -2.31. The molecule has 136 valence electrons. The van der Waals surface area contributed by atoms with Crippen molar-refractivity contribution in [3.05, 3.63) is 84.3 Å². The zero-order valence-corrected chi connectivity index (χ0v) is 16.2. The average molecular weight is 365 g/mol. The summed E-state index contributed by atoms with van der Waals surface area (Å²) in [5, 5.41) is 2.32. The predicted molar refractivity (Wildman–Crippen MR) is 113 cm³/mol. The second-order valence-electron chi connectivity index (χ2n) is 7.34. The van der Waals surface area contributed by atoms with Crippen molar-refractivity contribution in [2.45, 2.75) is 13.8 Å². The maximum atomic E-state index is 6.31. The Morgan fingerprint density at radius 2 is 1.75 bits per heavy atom. The van der Waals surface area contributed by atoms with Crippen molar-refractivity contribution in [2.24, 2.45) is 7.05 Å². The number of benzene rings is 2. The predicted octanol–water partition coefficient (Wildman–Crippen LogP) is 5.76. The molecule has 0 amide bonds. The number of nitrogens with zero attached hydrogens (tertiary/aromatic N) is 2. The van der Waals surface area contributed by atoms with Gasteiger partial charge in [-0.1, -0.05) is 36.4 Å². The lowest BCUT2D eigenvalue weighted by Gasteiger charge is -2.09. The quantitative estimate of drug-likeness (QED) is 0.373. The van der Waals surface area contributed by atoms with Gasteiger partial charge in [-0.2, -0.15) is 0 Å². The molecular weight excluding hydrogens is 344 g/mol. The minimum atomic E-state index is 0.927. The highest BCUT2D eigenvalue weighted by Gasteiger charge is 2.22. The van der Waals surface area contributed by atoms with Gasteiger partial charge >= 0.3 is 0 Å². The molecule has 5 aromatic rings. The number of aromatic nitrogens is 2. The highest BCUT2D eigenvalue weighted by Crippen LogP contribution is 2.37. The molecule has 3 heterocycles. The summed E-state index contributed by atoms with van der Waals surface area (Å²) in [6, 6.07) is 18.9. The van der Waals surface area contributed by atoms with Crippen molar-refractivity contribution in [1.82, 2.24) is 4.98 Å². The Balaban J connectivity index is 1.79. The van der Waals surface area contributed by atoms with Crippen LogP contribution in [-0.2, 0) is 7.05 Å². The first-order chi connectivity index (χ1) is 13.6. The van der Waals surface area contributed by atoms with E-state index in [2.05, 4.69) is 73.0 Å². The van der Waals surface area contributed by atoms with E-state index >= 15 is 0 Å². The van der Waals surface area contributed by atoms with Gasteiger partial charge in [-0.05, 0) is 37.1 Å². The largest absolute Gasteiger partial charge is 0.455 e. The van der Waals surface area contributed by atoms with Crippen LogP contribution in [0.4, 0.5) is 0 Å².